The third-order valence-electron chi connectivity index (χ3n) is 7.51. The van der Waals surface area contributed by atoms with E-state index < -0.39 is 11.6 Å². The molecule has 4 aromatic carbocycles. The molecule has 0 spiro atoms. The number of nitrogens with zero attached hydrogens (tertiary/aromatic N) is 1. The van der Waals surface area contributed by atoms with E-state index in [1.165, 1.54) is 5.56 Å². The van der Waals surface area contributed by atoms with Gasteiger partial charge in [-0.05, 0) is 65.9 Å². The van der Waals surface area contributed by atoms with Crippen molar-refractivity contribution in [2.24, 2.45) is 4.99 Å². The van der Waals surface area contributed by atoms with Crippen LogP contribution in [-0.2, 0) is 16.0 Å². The van der Waals surface area contributed by atoms with Gasteiger partial charge in [-0.2, -0.15) is 0 Å². The minimum Gasteiger partial charge on any atom is -0.494 e. The molecule has 5 rings (SSSR count). The highest BCUT2D eigenvalue weighted by Crippen LogP contribution is 2.43. The highest BCUT2D eigenvalue weighted by atomic mass is 79.9. The normalized spacial score (nSPS) is 17.7. The maximum absolute atomic E-state index is 14.3. The number of aryl methyl sites for hydroxylation is 1. The van der Waals surface area contributed by atoms with Crippen LogP contribution < -0.4 is 10.1 Å². The van der Waals surface area contributed by atoms with Crippen molar-refractivity contribution < 1.29 is 19.4 Å². The Balaban J connectivity index is 1.45. The standard InChI is InChI=1S/C37H37BrN2O4/c38-32-20-16-30(17-21-32)34-37(24-7-14-28-10-3-1-4-11-28,36(42)39-25-8-15-29-12-5-2-6-13-29)40-35(44-34)31-18-22-33(23-19-31)43-27-9-26-41/h1-7,10-14,16-23,34,41H,8-9,15,24-27H2,(H,39,42)/b14-7+/t34-,37-/m1/s1. The summed E-state index contributed by atoms with van der Waals surface area (Å²) in [7, 11) is 0. The molecule has 226 valence electrons. The molecule has 0 unspecified atom stereocenters. The fourth-order valence-electron chi connectivity index (χ4n) is 5.18. The summed E-state index contributed by atoms with van der Waals surface area (Å²) in [5, 5.41) is 12.2. The van der Waals surface area contributed by atoms with Gasteiger partial charge in [-0.3, -0.25) is 4.79 Å². The fraction of sp³-hybridized carbons (Fsp3) is 0.243. The molecule has 4 aromatic rings. The Morgan fingerprint density at radius 1 is 0.932 bits per heavy atom. The van der Waals surface area contributed by atoms with Crippen molar-refractivity contribution in [3.8, 4) is 5.75 Å². The second kappa shape index (κ2) is 15.5. The van der Waals surface area contributed by atoms with Gasteiger partial charge in [-0.1, -0.05) is 101 Å². The van der Waals surface area contributed by atoms with Gasteiger partial charge in [0.2, 0.25) is 5.90 Å². The van der Waals surface area contributed by atoms with Crippen molar-refractivity contribution in [3.05, 3.63) is 142 Å². The lowest BCUT2D eigenvalue weighted by molar-refractivity contribution is -0.128. The zero-order valence-electron chi connectivity index (χ0n) is 24.6. The minimum atomic E-state index is -1.22. The summed E-state index contributed by atoms with van der Waals surface area (Å²) >= 11 is 3.53. The Morgan fingerprint density at radius 3 is 2.34 bits per heavy atom. The van der Waals surface area contributed by atoms with E-state index in [2.05, 4.69) is 33.4 Å². The Bertz CT molecular complexity index is 1540. The molecule has 0 saturated carbocycles. The first kappa shape index (κ1) is 31.2. The second-order valence-electron chi connectivity index (χ2n) is 10.7. The zero-order valence-corrected chi connectivity index (χ0v) is 26.2. The van der Waals surface area contributed by atoms with Crippen LogP contribution in [-0.4, -0.2) is 42.2 Å². The van der Waals surface area contributed by atoms with Crippen molar-refractivity contribution in [1.29, 1.82) is 0 Å². The highest BCUT2D eigenvalue weighted by molar-refractivity contribution is 9.10. The van der Waals surface area contributed by atoms with E-state index in [1.807, 2.05) is 109 Å². The van der Waals surface area contributed by atoms with Gasteiger partial charge in [0.05, 0.1) is 6.61 Å². The van der Waals surface area contributed by atoms with E-state index >= 15 is 0 Å². The van der Waals surface area contributed by atoms with Crippen LogP contribution in [0.3, 0.4) is 0 Å². The summed E-state index contributed by atoms with van der Waals surface area (Å²) in [4.78, 5) is 19.4. The summed E-state index contributed by atoms with van der Waals surface area (Å²) in [6.07, 6.45) is 5.99. The van der Waals surface area contributed by atoms with Crippen molar-refractivity contribution in [2.45, 2.75) is 37.3 Å². The van der Waals surface area contributed by atoms with Crippen molar-refractivity contribution >= 4 is 33.8 Å². The summed E-state index contributed by atoms with van der Waals surface area (Å²) in [5.41, 5.74) is 2.68. The number of benzene rings is 4. The molecule has 0 radical (unpaired) electrons. The quantitative estimate of drug-likeness (QED) is 0.140. The highest BCUT2D eigenvalue weighted by Gasteiger charge is 2.52. The summed E-state index contributed by atoms with van der Waals surface area (Å²) in [6, 6.07) is 35.7. The number of carbonyl (C=O) groups is 1. The number of aliphatic hydroxyl groups excluding tert-OH is 1. The lowest BCUT2D eigenvalue weighted by Crippen LogP contribution is -2.48. The third-order valence-corrected chi connectivity index (χ3v) is 8.04. The second-order valence-corrected chi connectivity index (χ2v) is 11.6. The molecule has 0 aromatic heterocycles. The number of carbonyl (C=O) groups excluding carboxylic acids is 1. The average Bonchev–Trinajstić information content (AvgIpc) is 3.45. The van der Waals surface area contributed by atoms with E-state index in [0.29, 0.717) is 37.6 Å². The molecule has 2 atom stereocenters. The van der Waals surface area contributed by atoms with Crippen LogP contribution in [0.4, 0.5) is 0 Å². The largest absolute Gasteiger partial charge is 0.494 e. The van der Waals surface area contributed by atoms with Crippen LogP contribution in [0.1, 0.15) is 47.6 Å². The zero-order chi connectivity index (χ0) is 30.6. The van der Waals surface area contributed by atoms with Gasteiger partial charge in [0.25, 0.3) is 5.91 Å². The van der Waals surface area contributed by atoms with Gasteiger partial charge in [0, 0.05) is 36.0 Å². The minimum absolute atomic E-state index is 0.0787. The first-order chi connectivity index (χ1) is 21.6. The molecule has 7 heteroatoms. The van der Waals surface area contributed by atoms with Gasteiger partial charge < -0.3 is 19.9 Å². The van der Waals surface area contributed by atoms with E-state index in [1.54, 1.807) is 0 Å². The van der Waals surface area contributed by atoms with Gasteiger partial charge in [0.1, 0.15) is 5.75 Å². The Kier molecular flexibility index (Phi) is 11.0. The molecule has 0 saturated heterocycles. The third kappa shape index (κ3) is 8.04. The van der Waals surface area contributed by atoms with Gasteiger partial charge >= 0.3 is 0 Å². The van der Waals surface area contributed by atoms with Gasteiger partial charge in [0.15, 0.2) is 11.6 Å². The van der Waals surface area contributed by atoms with Gasteiger partial charge in [-0.25, -0.2) is 4.99 Å². The van der Waals surface area contributed by atoms with Crippen LogP contribution in [0.15, 0.2) is 125 Å². The molecule has 6 nitrogen and oxygen atoms in total. The van der Waals surface area contributed by atoms with Crippen LogP contribution in [0.25, 0.3) is 6.08 Å². The number of aliphatic hydroxyl groups is 1. The monoisotopic (exact) mass is 652 g/mol. The predicted octanol–water partition coefficient (Wildman–Crippen LogP) is 7.32. The molecule has 1 aliphatic rings. The number of hydrogen-bond acceptors (Lipinski definition) is 5. The van der Waals surface area contributed by atoms with E-state index in [0.717, 1.165) is 34.0 Å². The molecule has 2 N–H and O–H groups in total. The molecule has 1 amide bonds. The molecular weight excluding hydrogens is 616 g/mol. The SMILES string of the molecule is O=C(NCCCc1ccccc1)[C@]1(C/C=C/c2ccccc2)N=C(c2ccc(OCCCO)cc2)O[C@@H]1c1ccc(Br)cc1. The Labute approximate surface area is 267 Å². The molecule has 1 aliphatic heterocycles. The summed E-state index contributed by atoms with van der Waals surface area (Å²) in [6.45, 7) is 1.03. The lowest BCUT2D eigenvalue weighted by Gasteiger charge is -2.30. The average molecular weight is 654 g/mol. The topological polar surface area (TPSA) is 80.2 Å². The Hall–Kier alpha value is -4.20. The van der Waals surface area contributed by atoms with Crippen molar-refractivity contribution in [1.82, 2.24) is 5.32 Å². The number of aliphatic imine (C=N–C) groups is 1. The fourth-order valence-corrected chi connectivity index (χ4v) is 5.45. The smallest absolute Gasteiger partial charge is 0.252 e. The van der Waals surface area contributed by atoms with E-state index in [-0.39, 0.29) is 12.5 Å². The first-order valence-electron chi connectivity index (χ1n) is 15.0. The molecule has 0 fully saturated rings. The summed E-state index contributed by atoms with van der Waals surface area (Å²) in [5.74, 6) is 0.931. The number of nitrogens with one attached hydrogen (secondary N) is 1. The molecule has 44 heavy (non-hydrogen) atoms. The molecule has 0 bridgehead atoms. The van der Waals surface area contributed by atoms with Crippen LogP contribution in [0.2, 0.25) is 0 Å². The first-order valence-corrected chi connectivity index (χ1v) is 15.8. The van der Waals surface area contributed by atoms with Crippen LogP contribution >= 0.6 is 15.9 Å². The number of rotatable bonds is 14. The van der Waals surface area contributed by atoms with E-state index in [4.69, 9.17) is 19.6 Å². The molecule has 1 heterocycles. The number of amides is 1. The number of halogens is 1. The summed E-state index contributed by atoms with van der Waals surface area (Å²) < 4.78 is 13.2. The number of hydrogen-bond donors (Lipinski definition) is 2. The van der Waals surface area contributed by atoms with Crippen molar-refractivity contribution in [2.75, 3.05) is 19.8 Å². The van der Waals surface area contributed by atoms with Crippen molar-refractivity contribution in [3.63, 3.8) is 0 Å². The van der Waals surface area contributed by atoms with Crippen LogP contribution in [0.5, 0.6) is 5.75 Å². The molecular formula is C37H37BrN2O4. The van der Waals surface area contributed by atoms with E-state index in [9.17, 15) is 4.79 Å². The maximum atomic E-state index is 14.3. The Morgan fingerprint density at radius 2 is 1.64 bits per heavy atom. The predicted molar refractivity (Wildman–Crippen MR) is 179 cm³/mol. The lowest BCUT2D eigenvalue weighted by atomic mass is 9.84. The van der Waals surface area contributed by atoms with Gasteiger partial charge in [-0.15, -0.1) is 0 Å². The number of ether oxygens (including phenoxy) is 2. The molecule has 0 aliphatic carbocycles. The van der Waals surface area contributed by atoms with Crippen LogP contribution in [0, 0.1) is 0 Å². The maximum Gasteiger partial charge on any atom is 0.252 e.